The van der Waals surface area contributed by atoms with E-state index in [-0.39, 0.29) is 23.8 Å². The molecule has 5 nitrogen and oxygen atoms in total. The molecule has 4 saturated carbocycles. The number of hydrogen-bond acceptors (Lipinski definition) is 3. The highest BCUT2D eigenvalue weighted by Crippen LogP contribution is 2.66. The largest absolute Gasteiger partial charge is 0.347 e. The van der Waals surface area contributed by atoms with Crippen LogP contribution in [-0.4, -0.2) is 54.3 Å². The topological polar surface area (TPSA) is 52.7 Å². The normalized spacial score (nSPS) is 31.9. The monoisotopic (exact) mass is 463 g/mol. The van der Waals surface area contributed by atoms with Crippen molar-refractivity contribution in [3.8, 4) is 0 Å². The first-order valence-corrected chi connectivity index (χ1v) is 12.4. The molecule has 4 bridgehead atoms. The first kappa shape index (κ1) is 21.5. The Labute approximate surface area is 194 Å². The average molecular weight is 464 g/mol. The van der Waals surface area contributed by atoms with Gasteiger partial charge in [-0.15, -0.1) is 0 Å². The first-order valence-electron chi connectivity index (χ1n) is 11.6. The maximum Gasteiger partial charge on any atom is 0.242 e. The third-order valence-electron chi connectivity index (χ3n) is 8.22. The van der Waals surface area contributed by atoms with Crippen LogP contribution in [0.3, 0.4) is 0 Å². The van der Waals surface area contributed by atoms with Crippen molar-refractivity contribution < 1.29 is 9.59 Å². The SMILES string of the molecule is O=C(CC12CC3CC(CC1C3)C2)NCC(=O)N1CCN(Cc2ccc(Cl)c(Cl)c2)CC1. The van der Waals surface area contributed by atoms with Gasteiger partial charge in [0.1, 0.15) is 0 Å². The van der Waals surface area contributed by atoms with Gasteiger partial charge < -0.3 is 10.2 Å². The number of halogens is 2. The zero-order valence-corrected chi connectivity index (χ0v) is 19.4. The van der Waals surface area contributed by atoms with Gasteiger partial charge in [-0.05, 0) is 73.0 Å². The van der Waals surface area contributed by atoms with Crippen molar-refractivity contribution in [2.24, 2.45) is 23.2 Å². The molecule has 1 heterocycles. The molecule has 0 radical (unpaired) electrons. The summed E-state index contributed by atoms with van der Waals surface area (Å²) in [5, 5.41) is 4.07. The molecule has 31 heavy (non-hydrogen) atoms. The second kappa shape index (κ2) is 8.57. The van der Waals surface area contributed by atoms with E-state index in [1.54, 1.807) is 0 Å². The lowest BCUT2D eigenvalue weighted by atomic mass is 9.73. The van der Waals surface area contributed by atoms with Crippen LogP contribution in [0.4, 0.5) is 0 Å². The number of benzene rings is 1. The molecule has 1 aromatic rings. The smallest absolute Gasteiger partial charge is 0.242 e. The van der Waals surface area contributed by atoms with Crippen molar-refractivity contribution >= 4 is 35.0 Å². The highest BCUT2D eigenvalue weighted by atomic mass is 35.5. The minimum atomic E-state index is 0.0253. The predicted molar refractivity (Wildman–Crippen MR) is 122 cm³/mol. The van der Waals surface area contributed by atoms with Crippen LogP contribution >= 0.6 is 23.2 Å². The highest BCUT2D eigenvalue weighted by Gasteiger charge is 2.57. The molecule has 4 aliphatic carbocycles. The van der Waals surface area contributed by atoms with Crippen molar-refractivity contribution in [1.82, 2.24) is 15.1 Å². The molecule has 2 amide bonds. The summed E-state index contributed by atoms with van der Waals surface area (Å²) in [6.45, 7) is 3.91. The Hall–Kier alpha value is -1.30. The van der Waals surface area contributed by atoms with E-state index < -0.39 is 0 Å². The molecule has 0 spiro atoms. The maximum atomic E-state index is 12.6. The summed E-state index contributed by atoms with van der Waals surface area (Å²) in [5.41, 5.74) is 1.37. The summed E-state index contributed by atoms with van der Waals surface area (Å²) in [5.74, 6) is 2.55. The summed E-state index contributed by atoms with van der Waals surface area (Å²) in [4.78, 5) is 29.5. The predicted octanol–water partition coefficient (Wildman–Crippen LogP) is 3.97. The second-order valence-corrected chi connectivity index (χ2v) is 11.1. The molecule has 1 aromatic carbocycles. The molecule has 2 unspecified atom stereocenters. The molecule has 7 heteroatoms. The van der Waals surface area contributed by atoms with E-state index in [4.69, 9.17) is 23.2 Å². The van der Waals surface area contributed by atoms with Crippen molar-refractivity contribution in [2.45, 2.75) is 45.1 Å². The van der Waals surface area contributed by atoms with Crippen molar-refractivity contribution in [1.29, 1.82) is 0 Å². The third kappa shape index (κ3) is 4.46. The molecule has 0 aromatic heterocycles. The Morgan fingerprint density at radius 3 is 2.39 bits per heavy atom. The number of amides is 2. The fraction of sp³-hybridized carbons (Fsp3) is 0.667. The van der Waals surface area contributed by atoms with Crippen molar-refractivity contribution in [2.75, 3.05) is 32.7 Å². The molecular formula is C24H31Cl2N3O2. The minimum Gasteiger partial charge on any atom is -0.347 e. The lowest BCUT2D eigenvalue weighted by molar-refractivity contribution is -0.135. The summed E-state index contributed by atoms with van der Waals surface area (Å²) < 4.78 is 0. The van der Waals surface area contributed by atoms with Gasteiger partial charge in [0, 0.05) is 39.1 Å². The van der Waals surface area contributed by atoms with Crippen molar-refractivity contribution in [3.05, 3.63) is 33.8 Å². The van der Waals surface area contributed by atoms with Gasteiger partial charge in [-0.2, -0.15) is 0 Å². The molecule has 5 aliphatic rings. The van der Waals surface area contributed by atoms with E-state index in [1.807, 2.05) is 23.1 Å². The minimum absolute atomic E-state index is 0.0253. The van der Waals surface area contributed by atoms with Crippen LogP contribution in [0.25, 0.3) is 0 Å². The van der Waals surface area contributed by atoms with Gasteiger partial charge in [0.25, 0.3) is 0 Å². The number of nitrogens with one attached hydrogen (secondary N) is 1. The van der Waals surface area contributed by atoms with Gasteiger partial charge in [0.2, 0.25) is 11.8 Å². The molecule has 5 fully saturated rings. The van der Waals surface area contributed by atoms with E-state index in [0.717, 1.165) is 43.0 Å². The summed E-state index contributed by atoms with van der Waals surface area (Å²) in [7, 11) is 0. The standard InChI is InChI=1S/C24H31Cl2N3O2/c25-20-2-1-16(10-21(20)26)15-28-3-5-29(6-4-28)23(31)14-27-22(30)13-24-11-17-7-18(12-24)9-19(24)8-17/h1-2,10,17-19H,3-9,11-15H2,(H,27,30). The lowest BCUT2D eigenvalue weighted by Crippen LogP contribution is -2.51. The Morgan fingerprint density at radius 2 is 1.71 bits per heavy atom. The average Bonchev–Trinajstić information content (AvgIpc) is 3.12. The quantitative estimate of drug-likeness (QED) is 0.693. The zero-order valence-electron chi connectivity index (χ0n) is 17.9. The number of hydrogen-bond donors (Lipinski definition) is 1. The summed E-state index contributed by atoms with van der Waals surface area (Å²) >= 11 is 12.1. The van der Waals surface area contributed by atoms with E-state index in [2.05, 4.69) is 10.2 Å². The second-order valence-electron chi connectivity index (χ2n) is 10.3. The summed E-state index contributed by atoms with van der Waals surface area (Å²) in [6.07, 6.45) is 7.13. The Kier molecular flexibility index (Phi) is 5.95. The molecule has 1 N–H and O–H groups in total. The highest BCUT2D eigenvalue weighted by molar-refractivity contribution is 6.42. The molecule has 1 aliphatic heterocycles. The van der Waals surface area contributed by atoms with Crippen LogP contribution in [0.1, 0.15) is 44.1 Å². The Balaban J connectivity index is 1.05. The van der Waals surface area contributed by atoms with Gasteiger partial charge in [-0.3, -0.25) is 14.5 Å². The van der Waals surface area contributed by atoms with Gasteiger partial charge in [-0.25, -0.2) is 0 Å². The number of carbonyl (C=O) groups is 2. The number of rotatable bonds is 6. The zero-order chi connectivity index (χ0) is 21.6. The molecule has 6 rings (SSSR count). The fourth-order valence-corrected chi connectivity index (χ4v) is 7.29. The van der Waals surface area contributed by atoms with Crippen LogP contribution in [0.5, 0.6) is 0 Å². The van der Waals surface area contributed by atoms with Gasteiger partial charge in [0.15, 0.2) is 0 Å². The molecule has 2 atom stereocenters. The molecule has 168 valence electrons. The van der Waals surface area contributed by atoms with Crippen LogP contribution in [0, 0.1) is 23.2 Å². The third-order valence-corrected chi connectivity index (χ3v) is 8.96. The molecular weight excluding hydrogens is 433 g/mol. The van der Waals surface area contributed by atoms with Gasteiger partial charge in [0.05, 0.1) is 16.6 Å². The number of piperazine rings is 1. The maximum absolute atomic E-state index is 12.6. The van der Waals surface area contributed by atoms with Crippen molar-refractivity contribution in [3.63, 3.8) is 0 Å². The fourth-order valence-electron chi connectivity index (χ4n) is 6.97. The van der Waals surface area contributed by atoms with Crippen LogP contribution in [0.2, 0.25) is 10.0 Å². The van der Waals surface area contributed by atoms with E-state index in [0.29, 0.717) is 29.6 Å². The number of carbonyl (C=O) groups excluding carboxylic acids is 2. The Bertz CT molecular complexity index is 854. The van der Waals surface area contributed by atoms with Crippen LogP contribution in [-0.2, 0) is 16.1 Å². The van der Waals surface area contributed by atoms with E-state index in [9.17, 15) is 9.59 Å². The van der Waals surface area contributed by atoms with Gasteiger partial charge >= 0.3 is 0 Å². The van der Waals surface area contributed by atoms with E-state index >= 15 is 0 Å². The van der Waals surface area contributed by atoms with Crippen LogP contribution < -0.4 is 5.32 Å². The number of nitrogens with zero attached hydrogens (tertiary/aromatic N) is 2. The molecule has 1 saturated heterocycles. The lowest BCUT2D eigenvalue weighted by Gasteiger charge is -2.35. The summed E-state index contributed by atoms with van der Waals surface area (Å²) in [6, 6.07) is 5.71. The Morgan fingerprint density at radius 1 is 1.00 bits per heavy atom. The first-order chi connectivity index (χ1) is 14.9. The van der Waals surface area contributed by atoms with E-state index in [1.165, 1.54) is 32.1 Å². The van der Waals surface area contributed by atoms with Crippen LogP contribution in [0.15, 0.2) is 18.2 Å². The van der Waals surface area contributed by atoms with Gasteiger partial charge in [-0.1, -0.05) is 29.3 Å².